The summed E-state index contributed by atoms with van der Waals surface area (Å²) in [4.78, 5) is 18.2. The molecule has 2 aromatic rings. The Labute approximate surface area is 106 Å². The zero-order valence-electron chi connectivity index (χ0n) is 10.7. The highest BCUT2D eigenvalue weighted by Crippen LogP contribution is 2.31. The van der Waals surface area contributed by atoms with Crippen LogP contribution in [0.15, 0.2) is 6.33 Å². The first-order valence-electron chi connectivity index (χ1n) is 6.40. The van der Waals surface area contributed by atoms with Crippen molar-refractivity contribution in [1.29, 1.82) is 0 Å². The first-order valence-corrected chi connectivity index (χ1v) is 6.40. The Morgan fingerprint density at radius 3 is 3.06 bits per heavy atom. The van der Waals surface area contributed by atoms with E-state index in [-0.39, 0.29) is 0 Å². The summed E-state index contributed by atoms with van der Waals surface area (Å²) in [5, 5.41) is 0. The number of imidazole rings is 1. The average molecular weight is 246 g/mol. The first-order chi connectivity index (χ1) is 8.66. The molecule has 1 saturated heterocycles. The Kier molecular flexibility index (Phi) is 2.57. The normalized spacial score (nSPS) is 20.2. The lowest BCUT2D eigenvalue weighted by Gasteiger charge is -2.28. The van der Waals surface area contributed by atoms with E-state index in [1.807, 2.05) is 0 Å². The lowest BCUT2D eigenvalue weighted by atomic mass is 10.0. The molecule has 3 heterocycles. The van der Waals surface area contributed by atoms with Crippen LogP contribution >= 0.6 is 0 Å². The fraction of sp³-hybridized carbons (Fsp3) is 0.583. The van der Waals surface area contributed by atoms with Crippen LogP contribution in [-0.4, -0.2) is 32.5 Å². The van der Waals surface area contributed by atoms with Gasteiger partial charge in [0.15, 0.2) is 11.5 Å². The number of H-pyrrole nitrogens is 1. The highest BCUT2D eigenvalue weighted by Gasteiger charge is 2.30. The van der Waals surface area contributed by atoms with Crippen molar-refractivity contribution in [2.24, 2.45) is 5.92 Å². The minimum atomic E-state index is 0.291. The van der Waals surface area contributed by atoms with Crippen LogP contribution in [0.3, 0.4) is 0 Å². The van der Waals surface area contributed by atoms with E-state index in [1.54, 1.807) is 6.33 Å². The molecule has 6 heteroatoms. The van der Waals surface area contributed by atoms with Gasteiger partial charge < -0.3 is 15.6 Å². The second-order valence-corrected chi connectivity index (χ2v) is 5.15. The molecule has 1 atom stereocenters. The van der Waals surface area contributed by atoms with Gasteiger partial charge in [0.25, 0.3) is 0 Å². The molecular formula is C12H18N6. The van der Waals surface area contributed by atoms with E-state index in [0.717, 1.165) is 17.9 Å². The number of aromatic nitrogens is 4. The van der Waals surface area contributed by atoms with Gasteiger partial charge in [0.05, 0.1) is 6.33 Å². The number of fused-ring (bicyclic) bond motifs is 1. The fourth-order valence-corrected chi connectivity index (χ4v) is 2.79. The molecular weight excluding hydrogens is 228 g/mol. The van der Waals surface area contributed by atoms with Gasteiger partial charge in [-0.3, -0.25) is 0 Å². The number of rotatable bonds is 2. The van der Waals surface area contributed by atoms with Gasteiger partial charge in [-0.05, 0) is 18.8 Å². The lowest BCUT2D eigenvalue weighted by Crippen LogP contribution is -2.34. The van der Waals surface area contributed by atoms with Gasteiger partial charge in [0.2, 0.25) is 5.95 Å². The highest BCUT2D eigenvalue weighted by atomic mass is 15.3. The van der Waals surface area contributed by atoms with E-state index in [9.17, 15) is 0 Å². The van der Waals surface area contributed by atoms with E-state index < -0.39 is 0 Å². The number of nitrogen functional groups attached to an aromatic ring is 1. The Morgan fingerprint density at radius 2 is 2.28 bits per heavy atom. The largest absolute Gasteiger partial charge is 0.368 e. The van der Waals surface area contributed by atoms with Crippen molar-refractivity contribution in [2.45, 2.75) is 32.7 Å². The maximum Gasteiger partial charge on any atom is 0.224 e. The van der Waals surface area contributed by atoms with Crippen molar-refractivity contribution in [1.82, 2.24) is 19.9 Å². The number of nitrogens with two attached hydrogens (primary N) is 1. The quantitative estimate of drug-likeness (QED) is 0.840. The molecule has 2 aromatic heterocycles. The summed E-state index contributed by atoms with van der Waals surface area (Å²) >= 11 is 0. The zero-order chi connectivity index (χ0) is 12.7. The summed E-state index contributed by atoms with van der Waals surface area (Å²) in [5.41, 5.74) is 7.30. The number of nitrogens with zero attached hydrogens (tertiary/aromatic N) is 4. The van der Waals surface area contributed by atoms with Crippen LogP contribution < -0.4 is 10.6 Å². The predicted octanol–water partition coefficient (Wildman–Crippen LogP) is 1.56. The molecule has 0 amide bonds. The Bertz CT molecular complexity index is 561. The van der Waals surface area contributed by atoms with Gasteiger partial charge in [0, 0.05) is 12.6 Å². The van der Waals surface area contributed by atoms with Crippen LogP contribution in [0.1, 0.15) is 26.7 Å². The molecule has 1 unspecified atom stereocenters. The molecule has 0 aliphatic carbocycles. The van der Waals surface area contributed by atoms with Crippen molar-refractivity contribution >= 4 is 22.9 Å². The fourth-order valence-electron chi connectivity index (χ4n) is 2.79. The predicted molar refractivity (Wildman–Crippen MR) is 71.3 cm³/mol. The number of aromatic amines is 1. The van der Waals surface area contributed by atoms with Crippen molar-refractivity contribution in [2.75, 3.05) is 17.2 Å². The maximum absolute atomic E-state index is 5.77. The molecule has 1 aliphatic rings. The summed E-state index contributed by atoms with van der Waals surface area (Å²) in [6.45, 7) is 5.52. The maximum atomic E-state index is 5.77. The van der Waals surface area contributed by atoms with Gasteiger partial charge >= 0.3 is 0 Å². The highest BCUT2D eigenvalue weighted by molar-refractivity contribution is 5.84. The third-order valence-corrected chi connectivity index (χ3v) is 3.62. The van der Waals surface area contributed by atoms with E-state index in [1.165, 1.54) is 12.8 Å². The van der Waals surface area contributed by atoms with Crippen LogP contribution in [0.4, 0.5) is 11.8 Å². The van der Waals surface area contributed by atoms with Gasteiger partial charge in [-0.15, -0.1) is 0 Å². The van der Waals surface area contributed by atoms with E-state index in [4.69, 9.17) is 5.73 Å². The van der Waals surface area contributed by atoms with Crippen LogP contribution in [0, 0.1) is 5.92 Å². The molecule has 1 fully saturated rings. The van der Waals surface area contributed by atoms with Crippen LogP contribution in [-0.2, 0) is 0 Å². The van der Waals surface area contributed by atoms with Crippen molar-refractivity contribution in [3.8, 4) is 0 Å². The first kappa shape index (κ1) is 11.3. The number of hydrogen-bond donors (Lipinski definition) is 2. The summed E-state index contributed by atoms with van der Waals surface area (Å²) in [5.74, 6) is 1.78. The molecule has 1 aliphatic heterocycles. The molecule has 3 N–H and O–H groups in total. The van der Waals surface area contributed by atoms with Crippen LogP contribution in [0.5, 0.6) is 0 Å². The SMILES string of the molecule is CC(C)C1CCCN1c1nc(N)nc2nc[nH]c12. The monoisotopic (exact) mass is 246 g/mol. The molecule has 18 heavy (non-hydrogen) atoms. The second kappa shape index (κ2) is 4.12. The zero-order valence-corrected chi connectivity index (χ0v) is 10.7. The number of nitrogens with one attached hydrogen (secondary N) is 1. The van der Waals surface area contributed by atoms with Crippen LogP contribution in [0.25, 0.3) is 11.2 Å². The van der Waals surface area contributed by atoms with Gasteiger partial charge in [0.1, 0.15) is 5.52 Å². The van der Waals surface area contributed by atoms with Crippen molar-refractivity contribution in [3.05, 3.63) is 6.33 Å². The molecule has 0 radical (unpaired) electrons. The van der Waals surface area contributed by atoms with Crippen molar-refractivity contribution in [3.63, 3.8) is 0 Å². The third-order valence-electron chi connectivity index (χ3n) is 3.62. The third kappa shape index (κ3) is 1.68. The Hall–Kier alpha value is -1.85. The summed E-state index contributed by atoms with van der Waals surface area (Å²) in [6.07, 6.45) is 4.04. The minimum absolute atomic E-state index is 0.291. The van der Waals surface area contributed by atoms with Crippen molar-refractivity contribution < 1.29 is 0 Å². The van der Waals surface area contributed by atoms with E-state index in [0.29, 0.717) is 23.6 Å². The molecule has 6 nitrogen and oxygen atoms in total. The molecule has 96 valence electrons. The number of anilines is 2. The topological polar surface area (TPSA) is 83.7 Å². The lowest BCUT2D eigenvalue weighted by molar-refractivity contribution is 0.490. The molecule has 0 saturated carbocycles. The standard InChI is InChI=1S/C12H18N6/c1-7(2)8-4-3-5-18(8)11-9-10(15-6-14-9)16-12(13)17-11/h6-8H,3-5H2,1-2H3,(H3,13,14,15,16,17). The molecule has 0 bridgehead atoms. The van der Waals surface area contributed by atoms with Crippen LogP contribution in [0.2, 0.25) is 0 Å². The summed E-state index contributed by atoms with van der Waals surface area (Å²) in [7, 11) is 0. The average Bonchev–Trinajstić information content (AvgIpc) is 2.95. The molecule has 0 aromatic carbocycles. The molecule has 3 rings (SSSR count). The Morgan fingerprint density at radius 1 is 1.44 bits per heavy atom. The smallest absolute Gasteiger partial charge is 0.224 e. The summed E-state index contributed by atoms with van der Waals surface area (Å²) in [6, 6.07) is 0.519. The minimum Gasteiger partial charge on any atom is -0.368 e. The second-order valence-electron chi connectivity index (χ2n) is 5.15. The van der Waals surface area contributed by atoms with Gasteiger partial charge in [-0.1, -0.05) is 13.8 Å². The summed E-state index contributed by atoms with van der Waals surface area (Å²) < 4.78 is 0. The number of hydrogen-bond acceptors (Lipinski definition) is 5. The van der Waals surface area contributed by atoms with Gasteiger partial charge in [-0.25, -0.2) is 4.98 Å². The van der Waals surface area contributed by atoms with Gasteiger partial charge in [-0.2, -0.15) is 9.97 Å². The molecule has 0 spiro atoms. The van der Waals surface area contributed by atoms with E-state index in [2.05, 4.69) is 38.7 Å². The Balaban J connectivity index is 2.10. The van der Waals surface area contributed by atoms with E-state index >= 15 is 0 Å².